The van der Waals surface area contributed by atoms with E-state index in [9.17, 15) is 0 Å². The summed E-state index contributed by atoms with van der Waals surface area (Å²) in [7, 11) is 0. The Morgan fingerprint density at radius 3 is 3.22 bits per heavy atom. The predicted molar refractivity (Wildman–Crippen MR) is 66.4 cm³/mol. The monoisotopic (exact) mass is 267 g/mol. The molecule has 1 aromatic heterocycles. The highest BCUT2D eigenvalue weighted by Crippen LogP contribution is 2.10. The van der Waals surface area contributed by atoms with Gasteiger partial charge in [0.2, 0.25) is 11.7 Å². The number of amidine groups is 1. The minimum Gasteiger partial charge on any atom is -0.390 e. The Balaban J connectivity index is 1.88. The zero-order chi connectivity index (χ0) is 12.5. The second-order valence-corrected chi connectivity index (χ2v) is 4.40. The molecule has 0 fully saturated rings. The fourth-order valence-electron chi connectivity index (χ4n) is 1.92. The number of fused-ring (bicyclic) bond motifs is 1. The largest absolute Gasteiger partial charge is 0.390 e. The van der Waals surface area contributed by atoms with Crippen LogP contribution in [-0.2, 0) is 0 Å². The van der Waals surface area contributed by atoms with Gasteiger partial charge in [0.15, 0.2) is 0 Å². The van der Waals surface area contributed by atoms with Crippen molar-refractivity contribution in [1.29, 1.82) is 0 Å². The number of H-pyrrole nitrogens is 1. The van der Waals surface area contributed by atoms with Crippen LogP contribution >= 0.6 is 11.8 Å². The predicted octanol–water partition coefficient (Wildman–Crippen LogP) is -0.779. The van der Waals surface area contributed by atoms with E-state index in [1.165, 1.54) is 4.42 Å². The molecule has 8 heteroatoms. The van der Waals surface area contributed by atoms with Crippen molar-refractivity contribution in [3.63, 3.8) is 0 Å². The number of halogens is 1. The number of aliphatic imine (C=N–C) groups is 1. The van der Waals surface area contributed by atoms with Crippen LogP contribution in [-0.4, -0.2) is 38.7 Å². The summed E-state index contributed by atoms with van der Waals surface area (Å²) in [5.74, 6) is 2.44. The van der Waals surface area contributed by atoms with Gasteiger partial charge in [-0.15, -0.1) is 0 Å². The van der Waals surface area contributed by atoms with Crippen molar-refractivity contribution < 1.29 is 10.0 Å². The van der Waals surface area contributed by atoms with Gasteiger partial charge in [-0.05, 0) is 0 Å². The summed E-state index contributed by atoms with van der Waals surface area (Å²) >= 11 is 6.02. The van der Waals surface area contributed by atoms with Crippen LogP contribution in [0, 0.1) is 0 Å². The van der Waals surface area contributed by atoms with Gasteiger partial charge in [0.05, 0.1) is 19.0 Å². The molecule has 3 heterocycles. The summed E-state index contributed by atoms with van der Waals surface area (Å²) < 4.78 is 1.52. The lowest BCUT2D eigenvalue weighted by Crippen LogP contribution is -3.10. The van der Waals surface area contributed by atoms with Gasteiger partial charge < -0.3 is 5.11 Å². The highest BCUT2D eigenvalue weighted by molar-refractivity contribution is 6.15. The van der Waals surface area contributed by atoms with Gasteiger partial charge in [-0.3, -0.25) is 14.8 Å². The average molecular weight is 268 g/mol. The number of hydrogen-bond donors (Lipinski definition) is 4. The molecule has 2 aliphatic heterocycles. The minimum atomic E-state index is -0.0768. The standard InChI is InChI=1S/C10H11ClN6O/c11-16-4-9-13-7(6-18)3-17(9)10(5-16)14-8-1-2-12-15-8/h1-3,5,18H,4,6H2,(H2,12,14,15)/p+1. The van der Waals surface area contributed by atoms with Crippen LogP contribution < -0.4 is 10.2 Å². The molecule has 0 bridgehead atoms. The lowest BCUT2D eigenvalue weighted by molar-refractivity contribution is -0.700. The summed E-state index contributed by atoms with van der Waals surface area (Å²) in [6, 6.07) is 1.82. The van der Waals surface area contributed by atoms with E-state index in [-0.39, 0.29) is 6.61 Å². The third kappa shape index (κ3) is 1.99. The number of aliphatic hydroxyl groups excluding tert-OH is 1. The molecule has 0 spiro atoms. The lowest BCUT2D eigenvalue weighted by Gasteiger charge is -2.23. The van der Waals surface area contributed by atoms with Crippen LogP contribution in [0.2, 0.25) is 0 Å². The fourth-order valence-corrected chi connectivity index (χ4v) is 2.13. The van der Waals surface area contributed by atoms with Gasteiger partial charge in [-0.1, -0.05) is 0 Å². The highest BCUT2D eigenvalue weighted by atomic mass is 35.5. The average Bonchev–Trinajstić information content (AvgIpc) is 2.97. The molecule has 4 N–H and O–H groups in total. The maximum absolute atomic E-state index is 9.13. The molecule has 7 nitrogen and oxygen atoms in total. The third-order valence-electron chi connectivity index (χ3n) is 2.69. The van der Waals surface area contributed by atoms with Crippen molar-refractivity contribution >= 4 is 23.4 Å². The normalized spacial score (nSPS) is 22.2. The van der Waals surface area contributed by atoms with Crippen LogP contribution in [0.5, 0.6) is 0 Å². The summed E-state index contributed by atoms with van der Waals surface area (Å²) in [5.41, 5.74) is 0.643. The Kier molecular flexibility index (Phi) is 2.78. The summed E-state index contributed by atoms with van der Waals surface area (Å²) in [6.07, 6.45) is 5.30. The number of aromatic amines is 1. The fraction of sp³-hybridized carbons (Fsp3) is 0.200. The van der Waals surface area contributed by atoms with Crippen molar-refractivity contribution in [2.75, 3.05) is 18.5 Å². The number of aliphatic hydroxyl groups is 1. The molecule has 1 aromatic rings. The van der Waals surface area contributed by atoms with Crippen LogP contribution in [0.25, 0.3) is 0 Å². The van der Waals surface area contributed by atoms with E-state index in [4.69, 9.17) is 16.9 Å². The molecule has 3 rings (SSSR count). The van der Waals surface area contributed by atoms with Gasteiger partial charge in [0.25, 0.3) is 0 Å². The molecule has 0 aliphatic carbocycles. The van der Waals surface area contributed by atoms with Crippen LogP contribution in [0.1, 0.15) is 0 Å². The SMILES string of the molecule is OCC1=C[NH+]2C(Nc3ccn[nH]3)=CN(Cl)CC2=N1. The van der Waals surface area contributed by atoms with Crippen molar-refractivity contribution in [3.05, 3.63) is 36.2 Å². The molecule has 2 aliphatic rings. The Labute approximate surface area is 108 Å². The van der Waals surface area contributed by atoms with Gasteiger partial charge in [-0.25, -0.2) is 4.90 Å². The molecule has 0 saturated heterocycles. The molecule has 1 atom stereocenters. The Morgan fingerprint density at radius 1 is 1.61 bits per heavy atom. The zero-order valence-electron chi connectivity index (χ0n) is 9.39. The topological polar surface area (TPSA) is 81.0 Å². The van der Waals surface area contributed by atoms with Gasteiger partial charge in [-0.2, -0.15) is 10.1 Å². The summed E-state index contributed by atoms with van der Waals surface area (Å²) in [4.78, 5) is 5.27. The molecule has 0 saturated carbocycles. The first kappa shape index (κ1) is 11.3. The number of rotatable bonds is 3. The van der Waals surface area contributed by atoms with E-state index >= 15 is 0 Å². The van der Waals surface area contributed by atoms with E-state index in [0.29, 0.717) is 12.2 Å². The van der Waals surface area contributed by atoms with Crippen molar-refractivity contribution in [1.82, 2.24) is 14.6 Å². The molecule has 94 valence electrons. The quantitative estimate of drug-likeness (QED) is 0.542. The Bertz CT molecular complexity index is 535. The number of anilines is 1. The molecule has 1 unspecified atom stereocenters. The Hall–Kier alpha value is -1.83. The van der Waals surface area contributed by atoms with E-state index in [2.05, 4.69) is 20.5 Å². The molecular formula is C10H12ClN6O+. The molecule has 0 aromatic carbocycles. The number of nitrogens with one attached hydrogen (secondary N) is 3. The molecule has 0 amide bonds. The second-order valence-electron chi connectivity index (χ2n) is 3.96. The summed E-state index contributed by atoms with van der Waals surface area (Å²) in [6.45, 7) is 0.442. The smallest absolute Gasteiger partial charge is 0.234 e. The van der Waals surface area contributed by atoms with Gasteiger partial charge >= 0.3 is 0 Å². The first-order valence-electron chi connectivity index (χ1n) is 5.43. The Morgan fingerprint density at radius 2 is 2.50 bits per heavy atom. The molecule has 18 heavy (non-hydrogen) atoms. The van der Waals surface area contributed by atoms with Crippen molar-refractivity contribution in [2.24, 2.45) is 4.99 Å². The van der Waals surface area contributed by atoms with E-state index in [0.717, 1.165) is 22.4 Å². The van der Waals surface area contributed by atoms with Crippen LogP contribution in [0.15, 0.2) is 41.2 Å². The lowest BCUT2D eigenvalue weighted by atomic mass is 10.4. The van der Waals surface area contributed by atoms with Gasteiger partial charge in [0.1, 0.15) is 24.3 Å². The first-order chi connectivity index (χ1) is 8.76. The minimum absolute atomic E-state index is 0.0768. The number of hydrogen-bond acceptors (Lipinski definition) is 5. The van der Waals surface area contributed by atoms with Crippen LogP contribution in [0.4, 0.5) is 5.82 Å². The number of nitrogens with zero attached hydrogens (tertiary/aromatic N) is 3. The zero-order valence-corrected chi connectivity index (χ0v) is 10.1. The van der Waals surface area contributed by atoms with Crippen molar-refractivity contribution in [2.45, 2.75) is 0 Å². The molecule has 0 radical (unpaired) electrons. The highest BCUT2D eigenvalue weighted by Gasteiger charge is 2.33. The third-order valence-corrected chi connectivity index (χ3v) is 2.91. The van der Waals surface area contributed by atoms with Gasteiger partial charge in [0, 0.05) is 17.8 Å². The summed E-state index contributed by atoms with van der Waals surface area (Å²) in [5, 5.41) is 19.0. The second kappa shape index (κ2) is 4.45. The van der Waals surface area contributed by atoms with Crippen molar-refractivity contribution in [3.8, 4) is 0 Å². The number of quaternary nitrogens is 1. The van der Waals surface area contributed by atoms with E-state index in [1.54, 1.807) is 12.4 Å². The maximum atomic E-state index is 9.13. The maximum Gasteiger partial charge on any atom is 0.234 e. The van der Waals surface area contributed by atoms with E-state index < -0.39 is 0 Å². The first-order valence-corrected chi connectivity index (χ1v) is 5.77. The number of aromatic nitrogens is 2. The van der Waals surface area contributed by atoms with Crippen LogP contribution in [0.3, 0.4) is 0 Å². The van der Waals surface area contributed by atoms with E-state index in [1.807, 2.05) is 12.3 Å². The molecular weight excluding hydrogens is 256 g/mol.